The van der Waals surface area contributed by atoms with Gasteiger partial charge in [-0.3, -0.25) is 0 Å². The summed E-state index contributed by atoms with van der Waals surface area (Å²) in [5.41, 5.74) is 2.01. The Kier molecular flexibility index (Phi) is 3.57. The molecule has 0 saturated heterocycles. The predicted molar refractivity (Wildman–Crippen MR) is 82.4 cm³/mol. The van der Waals surface area contributed by atoms with Crippen LogP contribution in [0.15, 0.2) is 47.1 Å². The third-order valence-corrected chi connectivity index (χ3v) is 3.76. The van der Waals surface area contributed by atoms with Gasteiger partial charge in [-0.05, 0) is 27.6 Å². The minimum atomic E-state index is -0.245. The van der Waals surface area contributed by atoms with Gasteiger partial charge in [-0.25, -0.2) is 4.98 Å². The number of pyridine rings is 1. The van der Waals surface area contributed by atoms with Gasteiger partial charge in [0.15, 0.2) is 0 Å². The standard InChI is InChI=1S/C15H13BrN4/c16-11-6-14-15(18-9-11)20-13(7-12(8-17)19-14)10-4-2-1-3-5-10/h1-6,9,12-13,19H,7H2,(H,18,20). The van der Waals surface area contributed by atoms with E-state index in [2.05, 4.69) is 49.7 Å². The van der Waals surface area contributed by atoms with Crippen molar-refractivity contribution in [2.24, 2.45) is 0 Å². The van der Waals surface area contributed by atoms with E-state index in [0.717, 1.165) is 21.5 Å². The lowest BCUT2D eigenvalue weighted by Crippen LogP contribution is -2.20. The molecule has 1 aliphatic rings. The summed E-state index contributed by atoms with van der Waals surface area (Å²) in [7, 11) is 0. The minimum Gasteiger partial charge on any atom is -0.367 e. The smallest absolute Gasteiger partial charge is 0.149 e. The van der Waals surface area contributed by atoms with E-state index in [9.17, 15) is 5.26 Å². The summed E-state index contributed by atoms with van der Waals surface area (Å²) in [5, 5.41) is 16.0. The molecule has 0 saturated carbocycles. The van der Waals surface area contributed by atoms with Crippen molar-refractivity contribution in [3.05, 3.63) is 52.6 Å². The number of benzene rings is 1. The monoisotopic (exact) mass is 328 g/mol. The van der Waals surface area contributed by atoms with Gasteiger partial charge in [0.1, 0.15) is 11.9 Å². The fraction of sp³-hybridized carbons (Fsp3) is 0.200. The number of hydrogen-bond acceptors (Lipinski definition) is 4. The molecular formula is C15H13BrN4. The van der Waals surface area contributed by atoms with Crippen LogP contribution < -0.4 is 10.6 Å². The molecule has 0 radical (unpaired) electrons. The van der Waals surface area contributed by atoms with Crippen LogP contribution in [0.2, 0.25) is 0 Å². The van der Waals surface area contributed by atoms with E-state index in [0.29, 0.717) is 6.42 Å². The van der Waals surface area contributed by atoms with Gasteiger partial charge in [-0.1, -0.05) is 30.3 Å². The molecule has 0 aliphatic carbocycles. The average molecular weight is 329 g/mol. The lowest BCUT2D eigenvalue weighted by atomic mass is 10.0. The molecule has 1 aliphatic heterocycles. The molecule has 1 aromatic carbocycles. The summed E-state index contributed by atoms with van der Waals surface area (Å²) in [6.45, 7) is 0. The summed E-state index contributed by atoms with van der Waals surface area (Å²) in [4.78, 5) is 4.39. The first-order valence-electron chi connectivity index (χ1n) is 6.39. The van der Waals surface area contributed by atoms with Crippen molar-refractivity contribution >= 4 is 27.4 Å². The SMILES string of the molecule is N#CC1CC(c2ccccc2)Nc2ncc(Br)cc2N1. The topological polar surface area (TPSA) is 60.7 Å². The Labute approximate surface area is 126 Å². The van der Waals surface area contributed by atoms with Crippen LogP contribution in [0.4, 0.5) is 11.5 Å². The number of aromatic nitrogens is 1. The van der Waals surface area contributed by atoms with Crippen LogP contribution in [0.3, 0.4) is 0 Å². The zero-order valence-corrected chi connectivity index (χ0v) is 12.3. The zero-order valence-electron chi connectivity index (χ0n) is 10.7. The Morgan fingerprint density at radius 2 is 2.05 bits per heavy atom. The molecule has 4 nitrogen and oxygen atoms in total. The van der Waals surface area contributed by atoms with E-state index in [1.54, 1.807) is 6.20 Å². The van der Waals surface area contributed by atoms with Gasteiger partial charge in [-0.15, -0.1) is 0 Å². The molecule has 0 fully saturated rings. The normalized spacial score (nSPS) is 20.8. The molecule has 2 aromatic rings. The molecule has 0 spiro atoms. The number of rotatable bonds is 1. The molecule has 2 atom stereocenters. The third kappa shape index (κ3) is 2.61. The first-order chi connectivity index (χ1) is 9.76. The van der Waals surface area contributed by atoms with Crippen LogP contribution in [-0.2, 0) is 0 Å². The van der Waals surface area contributed by atoms with E-state index in [1.807, 2.05) is 24.3 Å². The number of nitrogens with one attached hydrogen (secondary N) is 2. The van der Waals surface area contributed by atoms with Crippen LogP contribution >= 0.6 is 15.9 Å². The van der Waals surface area contributed by atoms with Gasteiger partial charge in [0.05, 0.1) is 17.8 Å². The molecule has 1 aromatic heterocycles. The second-order valence-corrected chi connectivity index (χ2v) is 5.63. The van der Waals surface area contributed by atoms with E-state index in [1.165, 1.54) is 0 Å². The molecule has 0 bridgehead atoms. The molecule has 2 N–H and O–H groups in total. The third-order valence-electron chi connectivity index (χ3n) is 3.32. The first-order valence-corrected chi connectivity index (χ1v) is 7.19. The summed E-state index contributed by atoms with van der Waals surface area (Å²) in [6, 6.07) is 14.2. The van der Waals surface area contributed by atoms with E-state index >= 15 is 0 Å². The minimum absolute atomic E-state index is 0.0725. The molecule has 3 rings (SSSR count). The van der Waals surface area contributed by atoms with Crippen LogP contribution in [0.5, 0.6) is 0 Å². The second kappa shape index (κ2) is 5.51. The maximum atomic E-state index is 9.30. The van der Waals surface area contributed by atoms with Crippen LogP contribution in [-0.4, -0.2) is 11.0 Å². The van der Waals surface area contributed by atoms with Gasteiger partial charge in [0.2, 0.25) is 0 Å². The maximum absolute atomic E-state index is 9.30. The number of nitrogens with zero attached hydrogens (tertiary/aromatic N) is 2. The van der Waals surface area contributed by atoms with Crippen molar-refractivity contribution in [1.29, 1.82) is 5.26 Å². The fourth-order valence-electron chi connectivity index (χ4n) is 2.36. The van der Waals surface area contributed by atoms with E-state index < -0.39 is 0 Å². The molecule has 2 unspecified atom stereocenters. The second-order valence-electron chi connectivity index (χ2n) is 4.72. The lowest BCUT2D eigenvalue weighted by molar-refractivity contribution is 0.674. The van der Waals surface area contributed by atoms with Crippen molar-refractivity contribution in [1.82, 2.24) is 4.98 Å². The van der Waals surface area contributed by atoms with Crippen molar-refractivity contribution in [2.75, 3.05) is 10.6 Å². The number of hydrogen-bond donors (Lipinski definition) is 2. The Morgan fingerprint density at radius 3 is 2.80 bits per heavy atom. The van der Waals surface area contributed by atoms with Crippen LogP contribution in [0, 0.1) is 11.3 Å². The summed E-state index contributed by atoms with van der Waals surface area (Å²) >= 11 is 3.40. The van der Waals surface area contributed by atoms with Gasteiger partial charge >= 0.3 is 0 Å². The van der Waals surface area contributed by atoms with Crippen molar-refractivity contribution in [3.8, 4) is 6.07 Å². The Bertz CT molecular complexity index is 651. The summed E-state index contributed by atoms with van der Waals surface area (Å²) < 4.78 is 0.889. The first kappa shape index (κ1) is 12.9. The van der Waals surface area contributed by atoms with Crippen molar-refractivity contribution in [3.63, 3.8) is 0 Å². The van der Waals surface area contributed by atoms with E-state index in [4.69, 9.17) is 0 Å². The summed E-state index contributed by atoms with van der Waals surface area (Å²) in [5.74, 6) is 0.778. The Hall–Kier alpha value is -2.06. The highest BCUT2D eigenvalue weighted by atomic mass is 79.9. The lowest BCUT2D eigenvalue weighted by Gasteiger charge is -2.18. The van der Waals surface area contributed by atoms with Gasteiger partial charge in [-0.2, -0.15) is 5.26 Å². The fourth-order valence-corrected chi connectivity index (χ4v) is 2.69. The van der Waals surface area contributed by atoms with Gasteiger partial charge in [0.25, 0.3) is 0 Å². The molecule has 0 amide bonds. The zero-order chi connectivity index (χ0) is 13.9. The molecule has 20 heavy (non-hydrogen) atoms. The van der Waals surface area contributed by atoms with Crippen LogP contribution in [0.25, 0.3) is 0 Å². The number of fused-ring (bicyclic) bond motifs is 1. The van der Waals surface area contributed by atoms with E-state index in [-0.39, 0.29) is 12.1 Å². The highest BCUT2D eigenvalue weighted by molar-refractivity contribution is 9.10. The Balaban J connectivity index is 1.99. The van der Waals surface area contributed by atoms with Crippen molar-refractivity contribution in [2.45, 2.75) is 18.5 Å². The molecule has 2 heterocycles. The molecule has 5 heteroatoms. The molecular weight excluding hydrogens is 316 g/mol. The van der Waals surface area contributed by atoms with Gasteiger partial charge in [0, 0.05) is 17.1 Å². The number of anilines is 2. The number of nitriles is 1. The van der Waals surface area contributed by atoms with Crippen LogP contribution in [0.1, 0.15) is 18.0 Å². The highest BCUT2D eigenvalue weighted by Gasteiger charge is 2.24. The summed E-state index contributed by atoms with van der Waals surface area (Å²) in [6.07, 6.45) is 2.44. The quantitative estimate of drug-likeness (QED) is 0.837. The maximum Gasteiger partial charge on any atom is 0.149 e. The number of halogens is 1. The predicted octanol–water partition coefficient (Wildman–Crippen LogP) is 3.71. The average Bonchev–Trinajstić information content (AvgIpc) is 2.67. The van der Waals surface area contributed by atoms with Gasteiger partial charge < -0.3 is 10.6 Å². The molecule has 100 valence electrons. The highest BCUT2D eigenvalue weighted by Crippen LogP contribution is 2.33. The largest absolute Gasteiger partial charge is 0.367 e. The van der Waals surface area contributed by atoms with Crippen molar-refractivity contribution < 1.29 is 0 Å². The Morgan fingerprint density at radius 1 is 1.25 bits per heavy atom.